The van der Waals surface area contributed by atoms with Crippen LogP contribution >= 0.6 is 11.3 Å². The van der Waals surface area contributed by atoms with Gasteiger partial charge >= 0.3 is 0 Å². The van der Waals surface area contributed by atoms with Crippen LogP contribution in [0.4, 0.5) is 10.2 Å². The Kier molecular flexibility index (Phi) is 5.93. The van der Waals surface area contributed by atoms with Crippen LogP contribution in [0.3, 0.4) is 0 Å². The third-order valence-electron chi connectivity index (χ3n) is 5.43. The van der Waals surface area contributed by atoms with Crippen LogP contribution in [0.25, 0.3) is 21.5 Å². The maximum Gasteiger partial charge on any atom is 0.130 e. The van der Waals surface area contributed by atoms with Gasteiger partial charge in [-0.1, -0.05) is 6.07 Å². The minimum absolute atomic E-state index is 0.262. The van der Waals surface area contributed by atoms with E-state index >= 15 is 0 Å². The van der Waals surface area contributed by atoms with E-state index in [0.717, 1.165) is 32.9 Å². The van der Waals surface area contributed by atoms with Crippen LogP contribution in [0, 0.1) is 19.7 Å². The van der Waals surface area contributed by atoms with E-state index < -0.39 is 0 Å². The van der Waals surface area contributed by atoms with Gasteiger partial charge in [0.1, 0.15) is 29.8 Å². The van der Waals surface area contributed by atoms with Gasteiger partial charge in [-0.2, -0.15) is 5.10 Å². The Labute approximate surface area is 200 Å². The highest BCUT2D eigenvalue weighted by Crippen LogP contribution is 2.27. The fourth-order valence-electron chi connectivity index (χ4n) is 3.74. The second kappa shape index (κ2) is 9.18. The molecular weight excluding hydrogens is 451 g/mol. The van der Waals surface area contributed by atoms with Crippen molar-refractivity contribution in [1.82, 2.24) is 24.7 Å². The molecular formula is C25H23FN6OS. The zero-order valence-electron chi connectivity index (χ0n) is 19.0. The maximum absolute atomic E-state index is 14.5. The van der Waals surface area contributed by atoms with Crippen LogP contribution < -0.4 is 10.1 Å². The summed E-state index contributed by atoms with van der Waals surface area (Å²) in [5.74, 6) is 1.55. The summed E-state index contributed by atoms with van der Waals surface area (Å²) in [5.41, 5.74) is 6.94. The number of benzene rings is 2. The van der Waals surface area contributed by atoms with Crippen molar-refractivity contribution in [2.45, 2.75) is 27.0 Å². The van der Waals surface area contributed by atoms with Crippen LogP contribution in [-0.4, -0.2) is 24.7 Å². The van der Waals surface area contributed by atoms with E-state index in [1.54, 1.807) is 28.2 Å². The Morgan fingerprint density at radius 2 is 1.94 bits per heavy atom. The first kappa shape index (κ1) is 22.0. The lowest BCUT2D eigenvalue weighted by Crippen LogP contribution is -2.07. The third-order valence-corrected chi connectivity index (χ3v) is 6.22. The van der Waals surface area contributed by atoms with Crippen molar-refractivity contribution in [1.29, 1.82) is 0 Å². The number of halogens is 1. The van der Waals surface area contributed by atoms with E-state index in [0.29, 0.717) is 29.6 Å². The number of thiazole rings is 1. The Morgan fingerprint density at radius 3 is 2.76 bits per heavy atom. The molecule has 3 heterocycles. The van der Waals surface area contributed by atoms with E-state index in [9.17, 15) is 4.39 Å². The molecule has 3 aromatic heterocycles. The molecule has 9 heteroatoms. The van der Waals surface area contributed by atoms with Crippen LogP contribution in [-0.2, 0) is 20.2 Å². The summed E-state index contributed by atoms with van der Waals surface area (Å²) in [6.07, 6.45) is 0. The quantitative estimate of drug-likeness (QED) is 0.339. The number of ether oxygens (including phenoxy) is 1. The van der Waals surface area contributed by atoms with Gasteiger partial charge in [-0.05, 0) is 50.2 Å². The van der Waals surface area contributed by atoms with Crippen molar-refractivity contribution in [2.75, 3.05) is 5.32 Å². The molecule has 5 aromatic rings. The largest absolute Gasteiger partial charge is 0.487 e. The molecule has 0 aliphatic heterocycles. The molecule has 0 fully saturated rings. The predicted molar refractivity (Wildman–Crippen MR) is 131 cm³/mol. The molecule has 7 nitrogen and oxygen atoms in total. The number of nitrogens with zero attached hydrogens (tertiary/aromatic N) is 5. The summed E-state index contributed by atoms with van der Waals surface area (Å²) in [6, 6.07) is 14.6. The van der Waals surface area contributed by atoms with Gasteiger partial charge in [-0.15, -0.1) is 11.3 Å². The Hall–Kier alpha value is -3.85. The zero-order valence-corrected chi connectivity index (χ0v) is 19.9. The van der Waals surface area contributed by atoms with Gasteiger partial charge in [-0.3, -0.25) is 4.68 Å². The molecule has 0 aliphatic rings. The first-order valence-electron chi connectivity index (χ1n) is 10.8. The van der Waals surface area contributed by atoms with Crippen LogP contribution in [0.15, 0.2) is 54.0 Å². The second-order valence-electron chi connectivity index (χ2n) is 8.02. The zero-order chi connectivity index (χ0) is 23.7. The molecule has 0 aliphatic carbocycles. The molecule has 34 heavy (non-hydrogen) atoms. The Balaban J connectivity index is 1.31. The molecule has 0 unspecified atom stereocenters. The van der Waals surface area contributed by atoms with Crippen LogP contribution in [0.2, 0.25) is 0 Å². The average Bonchev–Trinajstić information content (AvgIpc) is 3.42. The van der Waals surface area contributed by atoms with Crippen LogP contribution in [0.1, 0.15) is 22.8 Å². The highest BCUT2D eigenvalue weighted by atomic mass is 32.1. The summed E-state index contributed by atoms with van der Waals surface area (Å²) < 4.78 is 23.3. The van der Waals surface area contributed by atoms with Crippen molar-refractivity contribution >= 4 is 27.4 Å². The van der Waals surface area contributed by atoms with E-state index in [1.807, 2.05) is 50.7 Å². The first-order chi connectivity index (χ1) is 16.4. The van der Waals surface area contributed by atoms with Gasteiger partial charge in [0.25, 0.3) is 0 Å². The van der Waals surface area contributed by atoms with Gasteiger partial charge in [0.05, 0.1) is 32.8 Å². The van der Waals surface area contributed by atoms with E-state index in [1.165, 1.54) is 6.07 Å². The Morgan fingerprint density at radius 1 is 1.06 bits per heavy atom. The number of nitrogens with one attached hydrogen (secondary N) is 1. The molecule has 0 bridgehead atoms. The molecule has 0 saturated carbocycles. The highest BCUT2D eigenvalue weighted by molar-refractivity contribution is 7.16. The van der Waals surface area contributed by atoms with Gasteiger partial charge in [0.2, 0.25) is 0 Å². The molecule has 0 spiro atoms. The van der Waals surface area contributed by atoms with Crippen molar-refractivity contribution in [3.63, 3.8) is 0 Å². The summed E-state index contributed by atoms with van der Waals surface area (Å²) in [7, 11) is 1.87. The normalized spacial score (nSPS) is 11.2. The smallest absolute Gasteiger partial charge is 0.130 e. The van der Waals surface area contributed by atoms with Gasteiger partial charge in [-0.25, -0.2) is 19.3 Å². The number of aryl methyl sites for hydroxylation is 3. The molecule has 2 aromatic carbocycles. The van der Waals surface area contributed by atoms with Crippen molar-refractivity contribution in [3.05, 3.63) is 82.6 Å². The number of rotatable bonds is 7. The lowest BCUT2D eigenvalue weighted by Gasteiger charge is -2.12. The summed E-state index contributed by atoms with van der Waals surface area (Å²) in [6.45, 7) is 4.39. The number of anilines is 1. The summed E-state index contributed by atoms with van der Waals surface area (Å²) >= 11 is 1.59. The molecule has 0 amide bonds. The number of aromatic nitrogens is 5. The second-order valence-corrected chi connectivity index (χ2v) is 8.90. The first-order valence-corrected chi connectivity index (χ1v) is 11.7. The van der Waals surface area contributed by atoms with Gasteiger partial charge < -0.3 is 10.1 Å². The molecule has 0 saturated heterocycles. The number of hydrogen-bond donors (Lipinski definition) is 1. The van der Waals surface area contributed by atoms with Crippen molar-refractivity contribution in [3.8, 4) is 17.0 Å². The molecule has 5 rings (SSSR count). The standard InChI is InChI=1S/C25H23FN6OS/c1-15-8-19(32(3)31-15)13-33-20-5-6-21(26)18(9-20)12-27-25-11-23(29-16(2)30-25)17-4-7-22-24(10-17)34-14-28-22/h4-11,14H,12-13H2,1-3H3,(H,27,29,30). The SMILES string of the molecule is Cc1cc(COc2ccc(F)c(CNc3cc(-c4ccc5ncsc5c4)nc(C)n3)c2)n(C)n1. The predicted octanol–water partition coefficient (Wildman–Crippen LogP) is 5.43. The average molecular weight is 475 g/mol. The van der Waals surface area contributed by atoms with E-state index in [2.05, 4.69) is 31.4 Å². The minimum atomic E-state index is -0.308. The lowest BCUT2D eigenvalue weighted by molar-refractivity contribution is 0.294. The van der Waals surface area contributed by atoms with Gasteiger partial charge in [0.15, 0.2) is 0 Å². The molecule has 0 radical (unpaired) electrons. The van der Waals surface area contributed by atoms with Crippen LogP contribution in [0.5, 0.6) is 5.75 Å². The summed E-state index contributed by atoms with van der Waals surface area (Å²) in [5, 5.41) is 7.55. The third kappa shape index (κ3) is 4.74. The van der Waals surface area contributed by atoms with Gasteiger partial charge in [0, 0.05) is 30.8 Å². The molecule has 0 atom stereocenters. The fourth-order valence-corrected chi connectivity index (χ4v) is 4.46. The monoisotopic (exact) mass is 474 g/mol. The van der Waals surface area contributed by atoms with Crippen molar-refractivity contribution in [2.24, 2.45) is 7.05 Å². The summed E-state index contributed by atoms with van der Waals surface area (Å²) in [4.78, 5) is 13.4. The van der Waals surface area contributed by atoms with Crippen molar-refractivity contribution < 1.29 is 9.13 Å². The van der Waals surface area contributed by atoms with E-state index in [4.69, 9.17) is 4.74 Å². The Bertz CT molecular complexity index is 1480. The number of fused-ring (bicyclic) bond motifs is 1. The number of hydrogen-bond acceptors (Lipinski definition) is 7. The highest BCUT2D eigenvalue weighted by Gasteiger charge is 2.10. The maximum atomic E-state index is 14.5. The lowest BCUT2D eigenvalue weighted by atomic mass is 10.1. The molecule has 172 valence electrons. The fraction of sp³-hybridized carbons (Fsp3) is 0.200. The van der Waals surface area contributed by atoms with E-state index in [-0.39, 0.29) is 12.4 Å². The molecule has 1 N–H and O–H groups in total. The minimum Gasteiger partial charge on any atom is -0.487 e. The topological polar surface area (TPSA) is 77.8 Å².